The molecule has 12 heavy (non-hydrogen) atoms. The third-order valence-corrected chi connectivity index (χ3v) is 3.01. The molecule has 2 N–H and O–H groups in total. The number of fused-ring (bicyclic) bond motifs is 1. The summed E-state index contributed by atoms with van der Waals surface area (Å²) in [6.45, 7) is 1.91. The Balaban J connectivity index is 2.41. The van der Waals surface area contributed by atoms with Crippen LogP contribution in [0.4, 0.5) is 0 Å². The van der Waals surface area contributed by atoms with E-state index in [2.05, 4.69) is 19.3 Å². The first-order valence-electron chi connectivity index (χ1n) is 4.11. The molecule has 1 aliphatic rings. The Hall–Kier alpha value is -0.470. The van der Waals surface area contributed by atoms with E-state index in [1.807, 2.05) is 11.6 Å². The molecule has 0 spiro atoms. The molecule has 1 aromatic rings. The second-order valence-electron chi connectivity index (χ2n) is 3.21. The van der Waals surface area contributed by atoms with Gasteiger partial charge in [0.1, 0.15) is 11.6 Å². The van der Waals surface area contributed by atoms with Crippen molar-refractivity contribution in [2.45, 2.75) is 31.6 Å². The predicted molar refractivity (Wildman–Crippen MR) is 49.8 cm³/mol. The molecule has 0 saturated carbocycles. The number of aromatic nitrogens is 3. The number of hydrogen-bond donors (Lipinski definition) is 1. The largest absolute Gasteiger partial charge is 0.326 e. The van der Waals surface area contributed by atoms with Crippen molar-refractivity contribution in [2.75, 3.05) is 0 Å². The summed E-state index contributed by atoms with van der Waals surface area (Å²) in [5.74, 6) is 2.12. The third-order valence-electron chi connectivity index (χ3n) is 2.23. The van der Waals surface area contributed by atoms with E-state index in [4.69, 9.17) is 5.73 Å². The fourth-order valence-corrected chi connectivity index (χ4v) is 1.96. The summed E-state index contributed by atoms with van der Waals surface area (Å²) in [7, 11) is 2.72. The van der Waals surface area contributed by atoms with E-state index in [1.165, 1.54) is 0 Å². The van der Waals surface area contributed by atoms with Crippen molar-refractivity contribution in [2.24, 2.45) is 5.73 Å². The Morgan fingerprint density at radius 3 is 3.17 bits per heavy atom. The van der Waals surface area contributed by atoms with E-state index in [9.17, 15) is 0 Å². The standard InChI is InChI=1S/C7H13N4P/c1-4-9-6-3-2-5(8)7(12)11(6)10-4/h5,7H,2-3,8,12H2,1H3. The summed E-state index contributed by atoms with van der Waals surface area (Å²) in [5.41, 5.74) is 5.89. The van der Waals surface area contributed by atoms with Crippen LogP contribution in [-0.2, 0) is 6.42 Å². The lowest BCUT2D eigenvalue weighted by Gasteiger charge is -2.25. The molecule has 2 heterocycles. The predicted octanol–water partition coefficient (Wildman–Crippen LogP) is 0.234. The highest BCUT2D eigenvalue weighted by Gasteiger charge is 2.24. The summed E-state index contributed by atoms with van der Waals surface area (Å²) in [6.07, 6.45) is 1.96. The number of hydrogen-bond acceptors (Lipinski definition) is 3. The topological polar surface area (TPSA) is 56.7 Å². The van der Waals surface area contributed by atoms with Crippen LogP contribution in [0, 0.1) is 6.92 Å². The minimum Gasteiger partial charge on any atom is -0.326 e. The van der Waals surface area contributed by atoms with Gasteiger partial charge in [0, 0.05) is 12.5 Å². The smallest absolute Gasteiger partial charge is 0.147 e. The number of rotatable bonds is 0. The molecule has 0 amide bonds. The van der Waals surface area contributed by atoms with Crippen molar-refractivity contribution in [1.29, 1.82) is 0 Å². The van der Waals surface area contributed by atoms with Crippen LogP contribution in [0.3, 0.4) is 0 Å². The highest BCUT2D eigenvalue weighted by atomic mass is 31.0. The van der Waals surface area contributed by atoms with E-state index in [1.54, 1.807) is 0 Å². The molecule has 5 heteroatoms. The van der Waals surface area contributed by atoms with Gasteiger partial charge in [-0.1, -0.05) is 0 Å². The van der Waals surface area contributed by atoms with Crippen LogP contribution in [0.15, 0.2) is 0 Å². The average molecular weight is 184 g/mol. The molecule has 1 aromatic heterocycles. The Morgan fingerprint density at radius 1 is 1.67 bits per heavy atom. The second-order valence-corrected chi connectivity index (χ2v) is 3.90. The van der Waals surface area contributed by atoms with Crippen LogP contribution in [0.1, 0.15) is 23.9 Å². The first kappa shape index (κ1) is 8.14. The number of nitrogens with zero attached hydrogens (tertiary/aromatic N) is 3. The van der Waals surface area contributed by atoms with E-state index < -0.39 is 0 Å². The minimum absolute atomic E-state index is 0.198. The summed E-state index contributed by atoms with van der Waals surface area (Å²) in [4.78, 5) is 4.32. The highest BCUT2D eigenvalue weighted by molar-refractivity contribution is 7.16. The van der Waals surface area contributed by atoms with Crippen LogP contribution >= 0.6 is 9.24 Å². The van der Waals surface area contributed by atoms with Gasteiger partial charge in [0.15, 0.2) is 0 Å². The van der Waals surface area contributed by atoms with Gasteiger partial charge in [0.2, 0.25) is 0 Å². The lowest BCUT2D eigenvalue weighted by molar-refractivity contribution is 0.409. The van der Waals surface area contributed by atoms with Gasteiger partial charge >= 0.3 is 0 Å². The van der Waals surface area contributed by atoms with Gasteiger partial charge in [-0.05, 0) is 13.3 Å². The van der Waals surface area contributed by atoms with Gasteiger partial charge in [-0.25, -0.2) is 9.67 Å². The van der Waals surface area contributed by atoms with Crippen LogP contribution in [-0.4, -0.2) is 20.8 Å². The zero-order valence-corrected chi connectivity index (χ0v) is 8.22. The Morgan fingerprint density at radius 2 is 2.42 bits per heavy atom. The maximum Gasteiger partial charge on any atom is 0.147 e. The molecule has 0 aliphatic carbocycles. The van der Waals surface area contributed by atoms with Gasteiger partial charge in [0.05, 0.1) is 5.78 Å². The summed E-state index contributed by atoms with van der Waals surface area (Å²) in [6, 6.07) is 0.198. The van der Waals surface area contributed by atoms with Crippen LogP contribution < -0.4 is 5.73 Å². The van der Waals surface area contributed by atoms with Crippen molar-refractivity contribution < 1.29 is 0 Å². The normalized spacial score (nSPS) is 28.6. The molecule has 0 bridgehead atoms. The molecule has 0 saturated heterocycles. The zero-order chi connectivity index (χ0) is 8.72. The fraction of sp³-hybridized carbons (Fsp3) is 0.714. The van der Waals surface area contributed by atoms with Crippen molar-refractivity contribution >= 4 is 9.24 Å². The van der Waals surface area contributed by atoms with Gasteiger partial charge in [-0.3, -0.25) is 0 Å². The quantitative estimate of drug-likeness (QED) is 0.587. The van der Waals surface area contributed by atoms with E-state index >= 15 is 0 Å². The number of aryl methyl sites for hydroxylation is 2. The molecule has 1 aliphatic heterocycles. The molecule has 0 fully saturated rings. The Labute approximate surface area is 73.7 Å². The first-order valence-corrected chi connectivity index (χ1v) is 4.78. The lowest BCUT2D eigenvalue weighted by atomic mass is 10.1. The van der Waals surface area contributed by atoms with Gasteiger partial charge in [-0.2, -0.15) is 5.10 Å². The summed E-state index contributed by atoms with van der Waals surface area (Å²) < 4.78 is 1.92. The Kier molecular flexibility index (Phi) is 1.89. The molecule has 3 unspecified atom stereocenters. The van der Waals surface area contributed by atoms with Crippen molar-refractivity contribution in [3.63, 3.8) is 0 Å². The maximum absolute atomic E-state index is 5.89. The van der Waals surface area contributed by atoms with Crippen molar-refractivity contribution in [3.05, 3.63) is 11.6 Å². The zero-order valence-electron chi connectivity index (χ0n) is 7.07. The molecule has 66 valence electrons. The monoisotopic (exact) mass is 184 g/mol. The van der Waals surface area contributed by atoms with Crippen molar-refractivity contribution in [1.82, 2.24) is 14.8 Å². The fourth-order valence-electron chi connectivity index (χ4n) is 1.53. The summed E-state index contributed by atoms with van der Waals surface area (Å²) >= 11 is 0. The molecule has 2 rings (SSSR count). The molecular weight excluding hydrogens is 171 g/mol. The minimum atomic E-state index is 0.198. The second kappa shape index (κ2) is 2.79. The Bertz CT molecular complexity index is 296. The van der Waals surface area contributed by atoms with Crippen LogP contribution in [0.5, 0.6) is 0 Å². The van der Waals surface area contributed by atoms with Crippen LogP contribution in [0.25, 0.3) is 0 Å². The van der Waals surface area contributed by atoms with Gasteiger partial charge in [-0.15, -0.1) is 9.24 Å². The SMILES string of the molecule is Cc1nc2n(n1)C(P)C(N)CC2. The van der Waals surface area contributed by atoms with Gasteiger partial charge in [0.25, 0.3) is 0 Å². The van der Waals surface area contributed by atoms with E-state index in [-0.39, 0.29) is 11.8 Å². The van der Waals surface area contributed by atoms with Gasteiger partial charge < -0.3 is 5.73 Å². The molecular formula is C7H13N4P. The summed E-state index contributed by atoms with van der Waals surface area (Å²) in [5, 5.41) is 4.29. The van der Waals surface area contributed by atoms with Crippen molar-refractivity contribution in [3.8, 4) is 0 Å². The maximum atomic E-state index is 5.89. The highest BCUT2D eigenvalue weighted by Crippen LogP contribution is 2.27. The third kappa shape index (κ3) is 1.15. The number of nitrogens with two attached hydrogens (primary N) is 1. The first-order chi connectivity index (χ1) is 5.68. The molecule has 0 radical (unpaired) electrons. The van der Waals surface area contributed by atoms with E-state index in [0.717, 1.165) is 24.5 Å². The van der Waals surface area contributed by atoms with E-state index in [0.29, 0.717) is 0 Å². The lowest BCUT2D eigenvalue weighted by Crippen LogP contribution is -2.34. The molecule has 0 aromatic carbocycles. The van der Waals surface area contributed by atoms with Crippen LogP contribution in [0.2, 0.25) is 0 Å². The molecule has 4 nitrogen and oxygen atoms in total. The average Bonchev–Trinajstić information content (AvgIpc) is 2.39. The molecule has 3 atom stereocenters.